The van der Waals surface area contributed by atoms with Crippen molar-refractivity contribution in [3.63, 3.8) is 0 Å². The summed E-state index contributed by atoms with van der Waals surface area (Å²) in [5.41, 5.74) is 0.439. The third kappa shape index (κ3) is 5.68. The smallest absolute Gasteiger partial charge is 0.251 e. The molecule has 0 radical (unpaired) electrons. The molecule has 0 atom stereocenters. The summed E-state index contributed by atoms with van der Waals surface area (Å²) in [6.45, 7) is 0.985. The quantitative estimate of drug-likeness (QED) is 0.751. The Morgan fingerprint density at radius 1 is 1.00 bits per heavy atom. The van der Waals surface area contributed by atoms with E-state index in [-0.39, 0.29) is 23.9 Å². The van der Waals surface area contributed by atoms with Gasteiger partial charge in [0, 0.05) is 36.9 Å². The van der Waals surface area contributed by atoms with E-state index in [4.69, 9.17) is 11.6 Å². The van der Waals surface area contributed by atoms with E-state index in [1.807, 2.05) is 0 Å². The van der Waals surface area contributed by atoms with Crippen molar-refractivity contribution in [1.82, 2.24) is 14.2 Å². The number of hydrogen-bond acceptors (Lipinski definition) is 4. The van der Waals surface area contributed by atoms with Crippen molar-refractivity contribution in [1.29, 1.82) is 0 Å². The van der Waals surface area contributed by atoms with Crippen molar-refractivity contribution < 1.29 is 13.2 Å². The Morgan fingerprint density at radius 2 is 1.66 bits per heavy atom. The lowest BCUT2D eigenvalue weighted by Crippen LogP contribution is -2.34. The monoisotopic (exact) mass is 437 g/mol. The van der Waals surface area contributed by atoms with Gasteiger partial charge in [0.05, 0.1) is 4.90 Å². The highest BCUT2D eigenvalue weighted by atomic mass is 35.5. The van der Waals surface area contributed by atoms with Crippen LogP contribution in [0.25, 0.3) is 0 Å². The Kier molecular flexibility index (Phi) is 7.10. The van der Waals surface area contributed by atoms with Crippen LogP contribution in [0, 0.1) is 0 Å². The van der Waals surface area contributed by atoms with Crippen molar-refractivity contribution >= 4 is 27.5 Å². The molecule has 7 nitrogen and oxygen atoms in total. The highest BCUT2D eigenvalue weighted by Crippen LogP contribution is 2.19. The number of rotatable bonds is 6. The molecule has 1 aliphatic rings. The normalized spacial score (nSPS) is 15.6. The minimum Gasteiger partial charge on any atom is -0.350 e. The van der Waals surface area contributed by atoms with Crippen LogP contribution in [0.4, 0.5) is 0 Å². The van der Waals surface area contributed by atoms with Gasteiger partial charge in [-0.3, -0.25) is 9.59 Å². The number of sulfonamides is 1. The Morgan fingerprint density at radius 3 is 2.31 bits per heavy atom. The fourth-order valence-electron chi connectivity index (χ4n) is 3.23. The molecule has 3 rings (SSSR count). The van der Waals surface area contributed by atoms with E-state index >= 15 is 0 Å². The molecular formula is C20H24ClN3O4S. The Labute approximate surface area is 175 Å². The highest BCUT2D eigenvalue weighted by molar-refractivity contribution is 7.89. The zero-order chi connectivity index (χ0) is 20.9. The molecule has 1 fully saturated rings. The van der Waals surface area contributed by atoms with E-state index in [0.717, 1.165) is 35.8 Å². The number of aromatic nitrogens is 1. The predicted molar refractivity (Wildman–Crippen MR) is 111 cm³/mol. The number of nitrogens with zero attached hydrogens (tertiary/aromatic N) is 2. The van der Waals surface area contributed by atoms with Crippen LogP contribution in [-0.2, 0) is 27.9 Å². The molecule has 1 aromatic carbocycles. The van der Waals surface area contributed by atoms with E-state index in [1.54, 1.807) is 24.3 Å². The van der Waals surface area contributed by atoms with E-state index in [2.05, 4.69) is 5.32 Å². The van der Waals surface area contributed by atoms with Gasteiger partial charge in [-0.15, -0.1) is 0 Å². The van der Waals surface area contributed by atoms with E-state index in [9.17, 15) is 18.0 Å². The van der Waals surface area contributed by atoms with Gasteiger partial charge in [-0.1, -0.05) is 36.6 Å². The lowest BCUT2D eigenvalue weighted by atomic mass is 10.2. The summed E-state index contributed by atoms with van der Waals surface area (Å²) < 4.78 is 28.4. The van der Waals surface area contributed by atoms with Crippen LogP contribution in [0.3, 0.4) is 0 Å². The van der Waals surface area contributed by atoms with Crippen LogP contribution in [0.5, 0.6) is 0 Å². The fourth-order valence-corrected chi connectivity index (χ4v) is 4.89. The van der Waals surface area contributed by atoms with Crippen molar-refractivity contribution in [3.8, 4) is 0 Å². The second kappa shape index (κ2) is 9.56. The molecule has 1 N–H and O–H groups in total. The maximum Gasteiger partial charge on any atom is 0.251 e. The minimum atomic E-state index is -3.69. The molecule has 2 aromatic rings. The first-order valence-electron chi connectivity index (χ1n) is 9.58. The molecular weight excluding hydrogens is 414 g/mol. The molecule has 2 heterocycles. The van der Waals surface area contributed by atoms with Crippen molar-refractivity contribution in [2.24, 2.45) is 0 Å². The largest absolute Gasteiger partial charge is 0.350 e. The summed E-state index contributed by atoms with van der Waals surface area (Å²) in [4.78, 5) is 24.4. The maximum atomic E-state index is 12.9. The van der Waals surface area contributed by atoms with Gasteiger partial charge in [-0.25, -0.2) is 8.42 Å². The minimum absolute atomic E-state index is 0.0319. The molecule has 0 saturated carbocycles. The summed E-state index contributed by atoms with van der Waals surface area (Å²) in [5.74, 6) is -0.383. The Bertz CT molecular complexity index is 1010. The lowest BCUT2D eigenvalue weighted by molar-refractivity contribution is -0.121. The zero-order valence-electron chi connectivity index (χ0n) is 16.0. The molecule has 1 aromatic heterocycles. The van der Waals surface area contributed by atoms with Crippen molar-refractivity contribution in [2.75, 3.05) is 13.1 Å². The van der Waals surface area contributed by atoms with Crippen LogP contribution in [0.1, 0.15) is 31.2 Å². The summed E-state index contributed by atoms with van der Waals surface area (Å²) >= 11 is 5.84. The highest BCUT2D eigenvalue weighted by Gasteiger charge is 2.25. The average Bonchev–Trinajstić information content (AvgIpc) is 2.99. The first-order valence-corrected chi connectivity index (χ1v) is 11.4. The molecule has 0 bridgehead atoms. The second-order valence-electron chi connectivity index (χ2n) is 7.05. The fraction of sp³-hybridized carbons (Fsp3) is 0.400. The SMILES string of the molecule is O=C(Cn1cc(S(=O)(=O)N2CCCCCC2)ccc1=O)NCc1ccc(Cl)cc1. The van der Waals surface area contributed by atoms with Gasteiger partial charge in [0.25, 0.3) is 5.56 Å². The van der Waals surface area contributed by atoms with Gasteiger partial charge in [0.2, 0.25) is 15.9 Å². The van der Waals surface area contributed by atoms with E-state index < -0.39 is 15.6 Å². The maximum absolute atomic E-state index is 12.9. The number of carbonyl (C=O) groups is 1. The molecule has 9 heteroatoms. The van der Waals surface area contributed by atoms with Crippen LogP contribution >= 0.6 is 11.6 Å². The lowest BCUT2D eigenvalue weighted by Gasteiger charge is -2.20. The number of benzene rings is 1. The first-order chi connectivity index (χ1) is 13.9. The van der Waals surface area contributed by atoms with Crippen molar-refractivity contribution in [3.05, 3.63) is 63.5 Å². The summed E-state index contributed by atoms with van der Waals surface area (Å²) in [7, 11) is -3.69. The zero-order valence-corrected chi connectivity index (χ0v) is 17.6. The Balaban J connectivity index is 1.70. The number of halogens is 1. The van der Waals surface area contributed by atoms with E-state index in [0.29, 0.717) is 18.1 Å². The first kappa shape index (κ1) is 21.5. The summed E-state index contributed by atoms with van der Waals surface area (Å²) in [5, 5.41) is 3.33. The summed E-state index contributed by atoms with van der Waals surface area (Å²) in [6.07, 6.45) is 4.93. The molecule has 1 amide bonds. The number of pyridine rings is 1. The van der Waals surface area contributed by atoms with Crippen molar-refractivity contribution in [2.45, 2.75) is 43.7 Å². The molecule has 1 saturated heterocycles. The molecule has 156 valence electrons. The molecule has 29 heavy (non-hydrogen) atoms. The van der Waals surface area contributed by atoms with Gasteiger partial charge < -0.3 is 9.88 Å². The third-order valence-electron chi connectivity index (χ3n) is 4.88. The number of carbonyl (C=O) groups excluding carboxylic acids is 1. The number of amides is 1. The summed E-state index contributed by atoms with van der Waals surface area (Å²) in [6, 6.07) is 9.55. The third-order valence-corrected chi connectivity index (χ3v) is 7.01. The van der Waals surface area contributed by atoms with Crippen LogP contribution in [0.15, 0.2) is 52.3 Å². The molecule has 0 spiro atoms. The Hall–Kier alpha value is -2.16. The average molecular weight is 438 g/mol. The van der Waals surface area contributed by atoms with Gasteiger partial charge in [0.15, 0.2) is 0 Å². The second-order valence-corrected chi connectivity index (χ2v) is 9.43. The van der Waals surface area contributed by atoms with E-state index in [1.165, 1.54) is 22.6 Å². The van der Waals surface area contributed by atoms with Crippen LogP contribution in [0.2, 0.25) is 5.02 Å². The van der Waals surface area contributed by atoms with Gasteiger partial charge >= 0.3 is 0 Å². The topological polar surface area (TPSA) is 88.5 Å². The number of nitrogens with one attached hydrogen (secondary N) is 1. The van der Waals surface area contributed by atoms with Crippen LogP contribution < -0.4 is 10.9 Å². The van der Waals surface area contributed by atoms with Gasteiger partial charge in [-0.2, -0.15) is 4.31 Å². The standard InChI is InChI=1S/C20H24ClN3O4S/c21-17-7-5-16(6-8-17)13-22-19(25)15-23-14-18(9-10-20(23)26)29(27,28)24-11-3-1-2-4-12-24/h5-10,14H,1-4,11-13,15H2,(H,22,25). The number of hydrogen-bond donors (Lipinski definition) is 1. The van der Waals surface area contributed by atoms with Crippen LogP contribution in [-0.4, -0.2) is 36.3 Å². The van der Waals surface area contributed by atoms with Gasteiger partial charge in [0.1, 0.15) is 6.54 Å². The van der Waals surface area contributed by atoms with Gasteiger partial charge in [-0.05, 0) is 36.6 Å². The molecule has 0 aliphatic carbocycles. The predicted octanol–water partition coefficient (Wildman–Crippen LogP) is 2.38. The molecule has 1 aliphatic heterocycles. The molecule has 0 unspecified atom stereocenters.